The van der Waals surface area contributed by atoms with Gasteiger partial charge >= 0.3 is 0 Å². The van der Waals surface area contributed by atoms with E-state index in [1.54, 1.807) is 7.11 Å². The highest BCUT2D eigenvalue weighted by atomic mass is 35.5. The SMILES string of the molecule is CCCC(NCc1ccc(OCc2cccc(Cl)c2)c(OC)c1)c1ccccc1.Cl. The lowest BCUT2D eigenvalue weighted by atomic mass is 10.0. The molecule has 1 unspecified atom stereocenters. The number of hydrogen-bond donors (Lipinski definition) is 1. The lowest BCUT2D eigenvalue weighted by molar-refractivity contribution is 0.284. The molecule has 3 aromatic rings. The highest BCUT2D eigenvalue weighted by Crippen LogP contribution is 2.29. The topological polar surface area (TPSA) is 30.5 Å². The Balaban J connectivity index is 0.00000320. The number of nitrogens with one attached hydrogen (secondary N) is 1. The van der Waals surface area contributed by atoms with Gasteiger partial charge in [0, 0.05) is 17.6 Å². The number of ether oxygens (including phenoxy) is 2. The minimum absolute atomic E-state index is 0. The van der Waals surface area contributed by atoms with Crippen molar-refractivity contribution in [1.29, 1.82) is 0 Å². The zero-order valence-electron chi connectivity index (χ0n) is 17.4. The van der Waals surface area contributed by atoms with Crippen LogP contribution in [0.25, 0.3) is 0 Å². The van der Waals surface area contributed by atoms with Crippen molar-refractivity contribution in [3.8, 4) is 11.5 Å². The number of rotatable bonds is 10. The molecule has 0 aromatic heterocycles. The summed E-state index contributed by atoms with van der Waals surface area (Å²) in [4.78, 5) is 0. The molecular formula is C25H29Cl2NO2. The molecule has 0 saturated heterocycles. The Hall–Kier alpha value is -2.20. The molecule has 5 heteroatoms. The Morgan fingerprint density at radius 3 is 2.40 bits per heavy atom. The fourth-order valence-electron chi connectivity index (χ4n) is 3.33. The van der Waals surface area contributed by atoms with Gasteiger partial charge in [0.25, 0.3) is 0 Å². The standard InChI is InChI=1S/C25H28ClNO2.ClH/c1-3-8-23(21-10-5-4-6-11-21)27-17-19-13-14-24(25(16-19)28-2)29-18-20-9-7-12-22(26)15-20;/h4-7,9-16,23,27H,3,8,17-18H2,1-2H3;1H. The molecule has 160 valence electrons. The Morgan fingerprint density at radius 1 is 0.900 bits per heavy atom. The van der Waals surface area contributed by atoms with Gasteiger partial charge < -0.3 is 14.8 Å². The molecule has 0 amide bonds. The van der Waals surface area contributed by atoms with E-state index < -0.39 is 0 Å². The maximum Gasteiger partial charge on any atom is 0.161 e. The molecule has 0 bridgehead atoms. The van der Waals surface area contributed by atoms with Gasteiger partial charge in [-0.25, -0.2) is 0 Å². The van der Waals surface area contributed by atoms with Gasteiger partial charge in [0.05, 0.1) is 7.11 Å². The molecule has 3 aromatic carbocycles. The summed E-state index contributed by atoms with van der Waals surface area (Å²) < 4.78 is 11.5. The highest BCUT2D eigenvalue weighted by molar-refractivity contribution is 6.30. The predicted molar refractivity (Wildman–Crippen MR) is 127 cm³/mol. The third-order valence-electron chi connectivity index (χ3n) is 4.84. The normalized spacial score (nSPS) is 11.4. The zero-order chi connectivity index (χ0) is 20.5. The Labute approximate surface area is 190 Å². The number of hydrogen-bond acceptors (Lipinski definition) is 3. The van der Waals surface area contributed by atoms with Crippen LogP contribution >= 0.6 is 24.0 Å². The van der Waals surface area contributed by atoms with Gasteiger partial charge in [-0.2, -0.15) is 0 Å². The summed E-state index contributed by atoms with van der Waals surface area (Å²) in [5.41, 5.74) is 3.51. The van der Waals surface area contributed by atoms with E-state index in [4.69, 9.17) is 21.1 Å². The third kappa shape index (κ3) is 6.94. The monoisotopic (exact) mass is 445 g/mol. The van der Waals surface area contributed by atoms with Crippen LogP contribution in [0, 0.1) is 0 Å². The average Bonchev–Trinajstić information content (AvgIpc) is 2.76. The minimum Gasteiger partial charge on any atom is -0.493 e. The van der Waals surface area contributed by atoms with Crippen molar-refractivity contribution in [2.24, 2.45) is 0 Å². The van der Waals surface area contributed by atoms with E-state index in [9.17, 15) is 0 Å². The third-order valence-corrected chi connectivity index (χ3v) is 5.08. The second-order valence-corrected chi connectivity index (χ2v) is 7.47. The van der Waals surface area contributed by atoms with Gasteiger partial charge in [0.15, 0.2) is 11.5 Å². The maximum absolute atomic E-state index is 6.05. The van der Waals surface area contributed by atoms with Crippen LogP contribution in [0.4, 0.5) is 0 Å². The van der Waals surface area contributed by atoms with Crippen molar-refractivity contribution in [2.75, 3.05) is 7.11 Å². The van der Waals surface area contributed by atoms with Crippen molar-refractivity contribution >= 4 is 24.0 Å². The first kappa shape index (κ1) is 24.1. The second kappa shape index (κ2) is 12.5. The molecule has 0 aliphatic rings. The molecule has 0 heterocycles. The second-order valence-electron chi connectivity index (χ2n) is 7.04. The summed E-state index contributed by atoms with van der Waals surface area (Å²) in [6.45, 7) is 3.43. The van der Waals surface area contributed by atoms with E-state index in [1.807, 2.05) is 36.4 Å². The molecule has 0 aliphatic carbocycles. The first-order chi connectivity index (χ1) is 14.2. The molecule has 0 saturated carbocycles. The minimum atomic E-state index is 0. The van der Waals surface area contributed by atoms with E-state index in [0.717, 1.165) is 42.0 Å². The van der Waals surface area contributed by atoms with Crippen molar-refractivity contribution in [1.82, 2.24) is 5.32 Å². The molecule has 0 aliphatic heterocycles. The maximum atomic E-state index is 6.05. The van der Waals surface area contributed by atoms with Crippen molar-refractivity contribution < 1.29 is 9.47 Å². The number of benzene rings is 3. The van der Waals surface area contributed by atoms with Crippen LogP contribution in [0.15, 0.2) is 72.8 Å². The predicted octanol–water partition coefficient (Wildman–Crippen LogP) is 6.98. The quantitative estimate of drug-likeness (QED) is 0.364. The molecule has 30 heavy (non-hydrogen) atoms. The van der Waals surface area contributed by atoms with Crippen LogP contribution < -0.4 is 14.8 Å². The lowest BCUT2D eigenvalue weighted by Crippen LogP contribution is -2.20. The first-order valence-corrected chi connectivity index (χ1v) is 10.4. The average molecular weight is 446 g/mol. The van der Waals surface area contributed by atoms with Gasteiger partial charge in [-0.15, -0.1) is 12.4 Å². The molecule has 0 spiro atoms. The van der Waals surface area contributed by atoms with Gasteiger partial charge in [0.2, 0.25) is 0 Å². The van der Waals surface area contributed by atoms with E-state index >= 15 is 0 Å². The van der Waals surface area contributed by atoms with Gasteiger partial charge in [-0.3, -0.25) is 0 Å². The highest BCUT2D eigenvalue weighted by Gasteiger charge is 2.11. The van der Waals surface area contributed by atoms with Crippen LogP contribution in [-0.4, -0.2) is 7.11 Å². The number of halogens is 2. The summed E-state index contributed by atoms with van der Waals surface area (Å²) in [5.74, 6) is 1.46. The first-order valence-electron chi connectivity index (χ1n) is 10.0. The Morgan fingerprint density at radius 2 is 1.70 bits per heavy atom. The summed E-state index contributed by atoms with van der Waals surface area (Å²) in [7, 11) is 1.67. The van der Waals surface area contributed by atoms with Crippen LogP contribution in [0.5, 0.6) is 11.5 Å². The van der Waals surface area contributed by atoms with E-state index in [2.05, 4.69) is 48.6 Å². The fraction of sp³-hybridized carbons (Fsp3) is 0.280. The van der Waals surface area contributed by atoms with Crippen LogP contribution in [0.2, 0.25) is 5.02 Å². The largest absolute Gasteiger partial charge is 0.493 e. The molecule has 1 N–H and O–H groups in total. The van der Waals surface area contributed by atoms with Crippen LogP contribution in [-0.2, 0) is 13.2 Å². The van der Waals surface area contributed by atoms with E-state index in [-0.39, 0.29) is 12.4 Å². The molecular weight excluding hydrogens is 417 g/mol. The van der Waals surface area contributed by atoms with Crippen molar-refractivity contribution in [3.63, 3.8) is 0 Å². The van der Waals surface area contributed by atoms with Gasteiger partial charge in [0.1, 0.15) is 6.61 Å². The molecule has 3 nitrogen and oxygen atoms in total. The molecule has 0 fully saturated rings. The molecule has 3 rings (SSSR count). The molecule has 1 atom stereocenters. The van der Waals surface area contributed by atoms with Crippen LogP contribution in [0.3, 0.4) is 0 Å². The van der Waals surface area contributed by atoms with Gasteiger partial charge in [-0.1, -0.05) is 73.5 Å². The van der Waals surface area contributed by atoms with Crippen molar-refractivity contribution in [2.45, 2.75) is 39.0 Å². The molecule has 0 radical (unpaired) electrons. The number of methoxy groups -OCH3 is 1. The van der Waals surface area contributed by atoms with Gasteiger partial charge in [-0.05, 0) is 47.4 Å². The summed E-state index contributed by atoms with van der Waals surface area (Å²) in [6.07, 6.45) is 2.23. The Kier molecular flexibility index (Phi) is 10.0. The Bertz CT molecular complexity index is 903. The summed E-state index contributed by atoms with van der Waals surface area (Å²) >= 11 is 6.05. The van der Waals surface area contributed by atoms with E-state index in [0.29, 0.717) is 17.7 Å². The van der Waals surface area contributed by atoms with E-state index in [1.165, 1.54) is 5.56 Å². The smallest absolute Gasteiger partial charge is 0.161 e. The summed E-state index contributed by atoms with van der Waals surface area (Å²) in [5, 5.41) is 4.38. The van der Waals surface area contributed by atoms with Crippen molar-refractivity contribution in [3.05, 3.63) is 94.5 Å². The fourth-order valence-corrected chi connectivity index (χ4v) is 3.54. The van der Waals surface area contributed by atoms with Crippen LogP contribution in [0.1, 0.15) is 42.5 Å². The lowest BCUT2D eigenvalue weighted by Gasteiger charge is -2.19. The zero-order valence-corrected chi connectivity index (χ0v) is 19.0. The summed E-state index contributed by atoms with van der Waals surface area (Å²) in [6, 6.07) is 24.7.